The van der Waals surface area contributed by atoms with Gasteiger partial charge in [-0.1, -0.05) is 6.07 Å². The zero-order chi connectivity index (χ0) is 15.6. The first kappa shape index (κ1) is 15.6. The highest BCUT2D eigenvalue weighted by molar-refractivity contribution is 7.89. The zero-order valence-corrected chi connectivity index (χ0v) is 13.6. The molecule has 1 aliphatic heterocycles. The summed E-state index contributed by atoms with van der Waals surface area (Å²) in [6.45, 7) is 2.13. The van der Waals surface area contributed by atoms with Crippen molar-refractivity contribution in [3.8, 4) is 10.8 Å². The second kappa shape index (κ2) is 6.45. The molecule has 0 saturated carbocycles. The molecule has 3 rings (SSSR count). The fourth-order valence-electron chi connectivity index (χ4n) is 2.77. The molecule has 0 spiro atoms. The Labute approximate surface area is 133 Å². The molecule has 2 aromatic heterocycles. The summed E-state index contributed by atoms with van der Waals surface area (Å²) in [5.74, 6) is 1.19. The molecule has 0 aliphatic carbocycles. The molecule has 0 amide bonds. The molecule has 1 fully saturated rings. The molecule has 1 saturated heterocycles. The number of hydrogen-bond acceptors (Lipinski definition) is 7. The zero-order valence-electron chi connectivity index (χ0n) is 12.0. The number of rotatable bonds is 5. The number of likely N-dealkylation sites (tertiary alicyclic amines) is 1. The highest BCUT2D eigenvalue weighted by atomic mass is 32.2. The molecular formula is C13H18N4O3S2. The van der Waals surface area contributed by atoms with E-state index in [-0.39, 0.29) is 11.7 Å². The Morgan fingerprint density at radius 1 is 1.45 bits per heavy atom. The number of nitrogens with two attached hydrogens (primary N) is 1. The van der Waals surface area contributed by atoms with Gasteiger partial charge in [-0.15, -0.1) is 21.5 Å². The first-order valence-corrected chi connectivity index (χ1v) is 9.68. The van der Waals surface area contributed by atoms with Crippen molar-refractivity contribution in [3.05, 3.63) is 23.4 Å². The van der Waals surface area contributed by atoms with Crippen LogP contribution in [0.25, 0.3) is 10.8 Å². The molecule has 22 heavy (non-hydrogen) atoms. The molecule has 0 aromatic carbocycles. The number of thiophene rings is 1. The van der Waals surface area contributed by atoms with Crippen molar-refractivity contribution in [3.63, 3.8) is 0 Å². The SMILES string of the molecule is NS(=O)(=O)CC1CCCN(Cc2nnc(-c3cccs3)o2)C1. The van der Waals surface area contributed by atoms with Gasteiger partial charge >= 0.3 is 0 Å². The number of primary sulfonamides is 1. The van der Waals surface area contributed by atoms with E-state index in [9.17, 15) is 8.42 Å². The van der Waals surface area contributed by atoms with Crippen LogP contribution < -0.4 is 5.14 Å². The van der Waals surface area contributed by atoms with Crippen LogP contribution in [0.1, 0.15) is 18.7 Å². The van der Waals surface area contributed by atoms with Crippen LogP contribution >= 0.6 is 11.3 Å². The molecular weight excluding hydrogens is 324 g/mol. The molecule has 1 aliphatic rings. The fraction of sp³-hybridized carbons (Fsp3) is 0.538. The van der Waals surface area contributed by atoms with E-state index in [2.05, 4.69) is 15.1 Å². The number of sulfonamides is 1. The lowest BCUT2D eigenvalue weighted by atomic mass is 10.0. The number of hydrogen-bond donors (Lipinski definition) is 1. The minimum atomic E-state index is -3.42. The molecule has 2 N–H and O–H groups in total. The third kappa shape index (κ3) is 4.13. The van der Waals surface area contributed by atoms with Gasteiger partial charge in [0.2, 0.25) is 15.9 Å². The summed E-state index contributed by atoms with van der Waals surface area (Å²) < 4.78 is 28.1. The monoisotopic (exact) mass is 342 g/mol. The van der Waals surface area contributed by atoms with Crippen molar-refractivity contribution in [2.75, 3.05) is 18.8 Å². The average molecular weight is 342 g/mol. The Bertz CT molecular complexity index is 711. The first-order chi connectivity index (χ1) is 10.5. The maximum atomic E-state index is 11.2. The van der Waals surface area contributed by atoms with E-state index < -0.39 is 10.0 Å². The van der Waals surface area contributed by atoms with Crippen molar-refractivity contribution in [2.45, 2.75) is 19.4 Å². The normalized spacial score (nSPS) is 20.3. The molecule has 2 aromatic rings. The van der Waals surface area contributed by atoms with Crippen LogP contribution in [0.15, 0.2) is 21.9 Å². The second-order valence-corrected chi connectivity index (χ2v) is 8.16. The van der Waals surface area contributed by atoms with Crippen LogP contribution in [0, 0.1) is 5.92 Å². The third-order valence-corrected chi connectivity index (χ3v) is 5.42. The van der Waals surface area contributed by atoms with E-state index >= 15 is 0 Å². The van der Waals surface area contributed by atoms with E-state index in [1.165, 1.54) is 0 Å². The maximum absolute atomic E-state index is 11.2. The standard InChI is InChI=1S/C13H18N4O3S2/c14-22(18,19)9-10-3-1-5-17(7-10)8-12-15-16-13(20-12)11-4-2-6-21-11/h2,4,6,10H,1,3,5,7-9H2,(H2,14,18,19). The lowest BCUT2D eigenvalue weighted by Gasteiger charge is -2.31. The Kier molecular flexibility index (Phi) is 4.57. The minimum Gasteiger partial charge on any atom is -0.419 e. The summed E-state index contributed by atoms with van der Waals surface area (Å²) in [5.41, 5.74) is 0. The summed E-state index contributed by atoms with van der Waals surface area (Å²) in [6, 6.07) is 3.87. The predicted molar refractivity (Wildman–Crippen MR) is 83.6 cm³/mol. The summed E-state index contributed by atoms with van der Waals surface area (Å²) >= 11 is 1.55. The van der Waals surface area contributed by atoms with E-state index in [1.54, 1.807) is 11.3 Å². The number of nitrogens with zero attached hydrogens (tertiary/aromatic N) is 3. The smallest absolute Gasteiger partial charge is 0.257 e. The number of aromatic nitrogens is 2. The summed E-state index contributed by atoms with van der Waals surface area (Å²) in [7, 11) is -3.42. The van der Waals surface area contributed by atoms with E-state index in [0.29, 0.717) is 24.9 Å². The Morgan fingerprint density at radius 3 is 3.05 bits per heavy atom. The largest absolute Gasteiger partial charge is 0.419 e. The van der Waals surface area contributed by atoms with Gasteiger partial charge < -0.3 is 4.42 Å². The Hall–Kier alpha value is -1.29. The van der Waals surface area contributed by atoms with Gasteiger partial charge in [-0.3, -0.25) is 4.90 Å². The Balaban J connectivity index is 1.61. The van der Waals surface area contributed by atoms with Crippen LogP contribution in [0.3, 0.4) is 0 Å². The quantitative estimate of drug-likeness (QED) is 0.878. The lowest BCUT2D eigenvalue weighted by Crippen LogP contribution is -2.38. The summed E-state index contributed by atoms with van der Waals surface area (Å²) in [6.07, 6.45) is 1.84. The minimum absolute atomic E-state index is 0.0355. The van der Waals surface area contributed by atoms with Crippen molar-refractivity contribution < 1.29 is 12.8 Å². The van der Waals surface area contributed by atoms with Crippen LogP contribution in [-0.4, -0.2) is 42.4 Å². The molecule has 120 valence electrons. The van der Waals surface area contributed by atoms with Crippen molar-refractivity contribution >= 4 is 21.4 Å². The van der Waals surface area contributed by atoms with Gasteiger partial charge in [0.05, 0.1) is 17.2 Å². The van der Waals surface area contributed by atoms with E-state index in [0.717, 1.165) is 24.3 Å². The van der Waals surface area contributed by atoms with Crippen LogP contribution in [0.4, 0.5) is 0 Å². The maximum Gasteiger partial charge on any atom is 0.257 e. The van der Waals surface area contributed by atoms with Gasteiger partial charge in [0.25, 0.3) is 5.89 Å². The highest BCUT2D eigenvalue weighted by Gasteiger charge is 2.24. The van der Waals surface area contributed by atoms with Gasteiger partial charge in [-0.05, 0) is 36.8 Å². The molecule has 0 radical (unpaired) electrons. The predicted octanol–water partition coefficient (Wildman–Crippen LogP) is 1.30. The number of piperidine rings is 1. The van der Waals surface area contributed by atoms with Gasteiger partial charge in [-0.2, -0.15) is 0 Å². The molecule has 9 heteroatoms. The molecule has 0 bridgehead atoms. The molecule has 1 unspecified atom stereocenters. The van der Waals surface area contributed by atoms with Gasteiger partial charge in [0.15, 0.2) is 0 Å². The Morgan fingerprint density at radius 2 is 2.32 bits per heavy atom. The topological polar surface area (TPSA) is 102 Å². The fourth-order valence-corrected chi connectivity index (χ4v) is 4.34. The van der Waals surface area contributed by atoms with Crippen molar-refractivity contribution in [1.82, 2.24) is 15.1 Å². The van der Waals surface area contributed by atoms with E-state index in [1.807, 2.05) is 17.5 Å². The highest BCUT2D eigenvalue weighted by Crippen LogP contribution is 2.24. The molecule has 3 heterocycles. The van der Waals surface area contributed by atoms with Crippen LogP contribution in [0.2, 0.25) is 0 Å². The third-order valence-electron chi connectivity index (χ3n) is 3.63. The van der Waals surface area contributed by atoms with Crippen molar-refractivity contribution in [2.24, 2.45) is 11.1 Å². The second-order valence-electron chi connectivity index (χ2n) is 5.55. The van der Waals surface area contributed by atoms with Gasteiger partial charge in [-0.25, -0.2) is 13.6 Å². The summed E-state index contributed by atoms with van der Waals surface area (Å²) in [5, 5.41) is 15.2. The van der Waals surface area contributed by atoms with Crippen molar-refractivity contribution in [1.29, 1.82) is 0 Å². The van der Waals surface area contributed by atoms with Gasteiger partial charge in [0, 0.05) is 6.54 Å². The molecule has 1 atom stereocenters. The first-order valence-electron chi connectivity index (χ1n) is 7.09. The van der Waals surface area contributed by atoms with E-state index in [4.69, 9.17) is 9.56 Å². The van der Waals surface area contributed by atoms with Crippen LogP contribution in [0.5, 0.6) is 0 Å². The lowest BCUT2D eigenvalue weighted by molar-refractivity contribution is 0.164. The molecule has 7 nitrogen and oxygen atoms in total. The van der Waals surface area contributed by atoms with Crippen LogP contribution in [-0.2, 0) is 16.6 Å². The van der Waals surface area contributed by atoms with Gasteiger partial charge in [0.1, 0.15) is 0 Å². The average Bonchev–Trinajstić information content (AvgIpc) is 3.07. The summed E-state index contributed by atoms with van der Waals surface area (Å²) in [4.78, 5) is 3.09.